The number of hydrogen-bond acceptors (Lipinski definition) is 5. The Hall–Kier alpha value is -0.300. The number of unbranched alkanes of at least 4 members (excludes halogenated alkanes) is 3. The molecular formula is C22H41NO4S. The Morgan fingerprint density at radius 3 is 2.61 bits per heavy atom. The van der Waals surface area contributed by atoms with Gasteiger partial charge in [0.05, 0.1) is 12.2 Å². The van der Waals surface area contributed by atoms with Crippen molar-refractivity contribution in [2.75, 3.05) is 19.0 Å². The van der Waals surface area contributed by atoms with E-state index in [9.17, 15) is 4.79 Å². The van der Waals surface area contributed by atoms with Crippen LogP contribution in [0.2, 0.25) is 0 Å². The fraction of sp³-hybridized carbons (Fsp3) is 0.955. The van der Waals surface area contributed by atoms with Crippen LogP contribution in [0, 0.1) is 11.8 Å². The molecule has 2 rings (SSSR count). The highest BCUT2D eigenvalue weighted by molar-refractivity contribution is 7.99. The fourth-order valence-electron chi connectivity index (χ4n) is 4.72. The third-order valence-electron chi connectivity index (χ3n) is 6.32. The second-order valence-electron chi connectivity index (χ2n) is 8.48. The maximum atomic E-state index is 11.1. The summed E-state index contributed by atoms with van der Waals surface area (Å²) in [4.78, 5) is 11.1. The van der Waals surface area contributed by atoms with Crippen LogP contribution in [0.5, 0.6) is 0 Å². The van der Waals surface area contributed by atoms with Crippen LogP contribution in [-0.2, 0) is 14.3 Å². The van der Waals surface area contributed by atoms with Crippen molar-refractivity contribution in [2.45, 2.75) is 102 Å². The minimum Gasteiger partial charge on any atom is -0.381 e. The lowest BCUT2D eigenvalue weighted by Gasteiger charge is -2.28. The highest BCUT2D eigenvalue weighted by Gasteiger charge is 2.47. The number of ether oxygens (including phenoxy) is 2. The van der Waals surface area contributed by atoms with E-state index >= 15 is 0 Å². The Balaban J connectivity index is 1.59. The smallest absolute Gasteiger partial charge is 0.243 e. The van der Waals surface area contributed by atoms with Gasteiger partial charge in [-0.05, 0) is 62.5 Å². The van der Waals surface area contributed by atoms with Gasteiger partial charge in [0.15, 0.2) is 0 Å². The van der Waals surface area contributed by atoms with Gasteiger partial charge in [-0.2, -0.15) is 11.8 Å². The first kappa shape index (κ1) is 24.0. The third-order valence-corrected chi connectivity index (χ3v) is 7.60. The van der Waals surface area contributed by atoms with Crippen LogP contribution < -0.4 is 5.48 Å². The molecule has 0 radical (unpaired) electrons. The summed E-state index contributed by atoms with van der Waals surface area (Å²) in [6.45, 7) is 6.28. The first-order valence-electron chi connectivity index (χ1n) is 11.4. The van der Waals surface area contributed by atoms with Gasteiger partial charge in [0.1, 0.15) is 0 Å². The van der Waals surface area contributed by atoms with Gasteiger partial charge >= 0.3 is 0 Å². The molecule has 0 aromatic heterocycles. The summed E-state index contributed by atoms with van der Waals surface area (Å²) in [5, 5.41) is 9.09. The number of nitrogens with one attached hydrogen (secondary N) is 1. The van der Waals surface area contributed by atoms with E-state index in [0.717, 1.165) is 32.5 Å². The van der Waals surface area contributed by atoms with Gasteiger partial charge in [0.2, 0.25) is 5.91 Å². The molecule has 0 aromatic rings. The number of carbonyl (C=O) groups excluding carboxylic acids is 1. The molecule has 5 unspecified atom stereocenters. The quantitative estimate of drug-likeness (QED) is 0.212. The minimum atomic E-state index is -0.285. The van der Waals surface area contributed by atoms with Crippen LogP contribution in [0.3, 0.4) is 0 Å². The maximum absolute atomic E-state index is 11.1. The van der Waals surface area contributed by atoms with Crippen molar-refractivity contribution in [3.63, 3.8) is 0 Å². The number of thioether (sulfide) groups is 1. The molecule has 5 nitrogen and oxygen atoms in total. The topological polar surface area (TPSA) is 67.8 Å². The highest BCUT2D eigenvalue weighted by Crippen LogP contribution is 2.47. The van der Waals surface area contributed by atoms with E-state index in [0.29, 0.717) is 35.7 Å². The molecule has 2 fully saturated rings. The van der Waals surface area contributed by atoms with Gasteiger partial charge in [0, 0.05) is 24.9 Å². The van der Waals surface area contributed by atoms with Gasteiger partial charge in [-0.25, -0.2) is 5.48 Å². The summed E-state index contributed by atoms with van der Waals surface area (Å²) >= 11 is 2.01. The molecule has 0 saturated carbocycles. The number of carbonyl (C=O) groups is 1. The average Bonchev–Trinajstić information content (AvgIpc) is 3.29. The van der Waals surface area contributed by atoms with Crippen molar-refractivity contribution < 1.29 is 19.5 Å². The van der Waals surface area contributed by atoms with E-state index in [2.05, 4.69) is 13.8 Å². The van der Waals surface area contributed by atoms with Crippen LogP contribution in [0.1, 0.15) is 84.5 Å². The van der Waals surface area contributed by atoms with E-state index in [1.165, 1.54) is 50.7 Å². The number of amides is 1. The Morgan fingerprint density at radius 1 is 1.14 bits per heavy atom. The predicted molar refractivity (Wildman–Crippen MR) is 115 cm³/mol. The number of fused-ring (bicyclic) bond motifs is 2. The van der Waals surface area contributed by atoms with E-state index in [-0.39, 0.29) is 5.91 Å². The summed E-state index contributed by atoms with van der Waals surface area (Å²) < 4.78 is 12.1. The van der Waals surface area contributed by atoms with Gasteiger partial charge in [-0.1, -0.05) is 33.1 Å². The molecule has 2 N–H and O–H groups in total. The molecule has 2 bridgehead atoms. The van der Waals surface area contributed by atoms with Crippen LogP contribution in [-0.4, -0.2) is 47.5 Å². The van der Waals surface area contributed by atoms with Crippen molar-refractivity contribution >= 4 is 17.7 Å². The van der Waals surface area contributed by atoms with Gasteiger partial charge in [-0.3, -0.25) is 10.0 Å². The highest BCUT2D eigenvalue weighted by atomic mass is 32.2. The molecular weight excluding hydrogens is 374 g/mol. The monoisotopic (exact) mass is 415 g/mol. The standard InChI is InChI=1S/C22H41NO4S/c1-3-4-5-6-14-26-15-12-18-19(21-11-10-20(18)27-21)13-16-28-17(2)8-7-9-22(24)23-25/h17-21,25H,3-16H2,1-2H3,(H,23,24). The first-order valence-corrected chi connectivity index (χ1v) is 12.5. The van der Waals surface area contributed by atoms with Crippen molar-refractivity contribution in [3.05, 3.63) is 0 Å². The number of hydroxylamine groups is 1. The molecule has 164 valence electrons. The van der Waals surface area contributed by atoms with Crippen molar-refractivity contribution in [3.8, 4) is 0 Å². The molecule has 1 amide bonds. The molecule has 5 atom stereocenters. The predicted octanol–water partition coefficient (Wildman–Crippen LogP) is 4.95. The largest absolute Gasteiger partial charge is 0.381 e. The second-order valence-corrected chi connectivity index (χ2v) is 10.0. The zero-order valence-electron chi connectivity index (χ0n) is 17.9. The second kappa shape index (κ2) is 13.8. The maximum Gasteiger partial charge on any atom is 0.243 e. The summed E-state index contributed by atoms with van der Waals surface area (Å²) in [5.74, 6) is 2.26. The van der Waals surface area contributed by atoms with Gasteiger partial charge < -0.3 is 9.47 Å². The van der Waals surface area contributed by atoms with Crippen molar-refractivity contribution in [2.24, 2.45) is 11.8 Å². The van der Waals surface area contributed by atoms with Crippen molar-refractivity contribution in [1.82, 2.24) is 5.48 Å². The SMILES string of the molecule is CCCCCCOCCC1C2CCC(O2)C1CCSC(C)CCCC(=O)NO. The van der Waals surface area contributed by atoms with E-state index < -0.39 is 0 Å². The van der Waals surface area contributed by atoms with Crippen LogP contribution in [0.15, 0.2) is 0 Å². The van der Waals surface area contributed by atoms with E-state index in [4.69, 9.17) is 14.7 Å². The van der Waals surface area contributed by atoms with Crippen molar-refractivity contribution in [1.29, 1.82) is 0 Å². The molecule has 2 heterocycles. The zero-order valence-corrected chi connectivity index (χ0v) is 18.7. The summed E-state index contributed by atoms with van der Waals surface area (Å²) in [5.41, 5.74) is 1.70. The Labute approximate surface area is 175 Å². The third kappa shape index (κ3) is 8.21. The molecule has 6 heteroatoms. The van der Waals surface area contributed by atoms with E-state index in [1.54, 1.807) is 5.48 Å². The fourth-order valence-corrected chi connectivity index (χ4v) is 5.86. The lowest BCUT2D eigenvalue weighted by molar-refractivity contribution is -0.129. The molecule has 0 aromatic carbocycles. The molecule has 0 aliphatic carbocycles. The van der Waals surface area contributed by atoms with Crippen LogP contribution in [0.25, 0.3) is 0 Å². The first-order chi connectivity index (χ1) is 13.7. The Kier molecular flexibility index (Phi) is 11.8. The molecule has 2 saturated heterocycles. The summed E-state index contributed by atoms with van der Waals surface area (Å²) in [6, 6.07) is 0. The molecule has 2 aliphatic rings. The average molecular weight is 416 g/mol. The van der Waals surface area contributed by atoms with Crippen LogP contribution >= 0.6 is 11.8 Å². The van der Waals surface area contributed by atoms with Gasteiger partial charge in [0.25, 0.3) is 0 Å². The lowest BCUT2D eigenvalue weighted by atomic mass is 9.76. The van der Waals surface area contributed by atoms with Gasteiger partial charge in [-0.15, -0.1) is 0 Å². The lowest BCUT2D eigenvalue weighted by Crippen LogP contribution is -2.29. The Bertz CT molecular complexity index is 437. The number of rotatable bonds is 16. The van der Waals surface area contributed by atoms with Crippen LogP contribution in [0.4, 0.5) is 0 Å². The normalized spacial score (nSPS) is 27.2. The summed E-state index contributed by atoms with van der Waals surface area (Å²) in [7, 11) is 0. The zero-order chi connectivity index (χ0) is 20.2. The Morgan fingerprint density at radius 2 is 1.89 bits per heavy atom. The molecule has 28 heavy (non-hydrogen) atoms. The molecule has 2 aliphatic heterocycles. The number of hydrogen-bond donors (Lipinski definition) is 2. The molecule has 0 spiro atoms. The van der Waals surface area contributed by atoms with E-state index in [1.807, 2.05) is 11.8 Å². The summed E-state index contributed by atoms with van der Waals surface area (Å²) in [6.07, 6.45) is 13.1. The minimum absolute atomic E-state index is 0.285.